The van der Waals surface area contributed by atoms with Gasteiger partial charge in [-0.25, -0.2) is 9.37 Å². The Bertz CT molecular complexity index is 1500. The molecular weight excluding hydrogens is 451 g/mol. The predicted molar refractivity (Wildman–Crippen MR) is 129 cm³/mol. The van der Waals surface area contributed by atoms with Gasteiger partial charge in [0, 0.05) is 48.4 Å². The number of nitrogen functional groups attached to an aromatic ring is 1. The number of fused-ring (bicyclic) bond motifs is 2. The van der Waals surface area contributed by atoms with E-state index in [1.807, 2.05) is 20.2 Å². The summed E-state index contributed by atoms with van der Waals surface area (Å²) >= 11 is 0. The van der Waals surface area contributed by atoms with Gasteiger partial charge < -0.3 is 21.1 Å². The fourth-order valence-corrected chi connectivity index (χ4v) is 4.65. The van der Waals surface area contributed by atoms with Crippen molar-refractivity contribution in [1.29, 1.82) is 0 Å². The smallest absolute Gasteiger partial charge is 0.237 e. The molecule has 1 saturated carbocycles. The number of hydrogen-bond acceptors (Lipinski definition) is 8. The lowest BCUT2D eigenvalue weighted by molar-refractivity contribution is -0.117. The highest BCUT2D eigenvalue weighted by Gasteiger charge is 2.44. The number of aromatic nitrogens is 5. The fraction of sp³-hybridized carbons (Fsp3) is 0.292. The van der Waals surface area contributed by atoms with E-state index in [9.17, 15) is 4.79 Å². The fourth-order valence-electron chi connectivity index (χ4n) is 4.65. The number of aryl methyl sites for hydroxylation is 1. The highest BCUT2D eigenvalue weighted by Crippen LogP contribution is 2.48. The third-order valence-electron chi connectivity index (χ3n) is 6.62. The average Bonchev–Trinajstić information content (AvgIpc) is 3.55. The van der Waals surface area contributed by atoms with E-state index in [0.717, 1.165) is 23.2 Å². The lowest BCUT2D eigenvalue weighted by Crippen LogP contribution is -2.20. The first-order valence-corrected chi connectivity index (χ1v) is 11.3. The molecule has 0 saturated heterocycles. The van der Waals surface area contributed by atoms with Crippen LogP contribution >= 0.6 is 0 Å². The molecule has 2 aliphatic rings. The van der Waals surface area contributed by atoms with Crippen LogP contribution in [0.1, 0.15) is 23.5 Å². The van der Waals surface area contributed by atoms with Crippen LogP contribution in [0.2, 0.25) is 0 Å². The molecule has 1 fully saturated rings. The van der Waals surface area contributed by atoms with Gasteiger partial charge in [0.05, 0.1) is 11.9 Å². The summed E-state index contributed by atoms with van der Waals surface area (Å²) in [4.78, 5) is 17.1. The van der Waals surface area contributed by atoms with Crippen molar-refractivity contribution in [1.82, 2.24) is 25.0 Å². The van der Waals surface area contributed by atoms with Crippen molar-refractivity contribution >= 4 is 34.0 Å². The van der Waals surface area contributed by atoms with Gasteiger partial charge in [-0.2, -0.15) is 5.10 Å². The van der Waals surface area contributed by atoms with Crippen LogP contribution in [0, 0.1) is 18.7 Å². The molecule has 178 valence electrons. The Labute approximate surface area is 199 Å². The molecule has 1 aliphatic heterocycles. The highest BCUT2D eigenvalue weighted by atomic mass is 19.1. The van der Waals surface area contributed by atoms with E-state index >= 15 is 4.39 Å². The number of carbonyl (C=O) groups excluding carboxylic acids is 1. The molecule has 10 nitrogen and oxygen atoms in total. The average molecular weight is 475 g/mol. The zero-order chi connectivity index (χ0) is 24.3. The molecular formula is C24H23FN8O2. The maximum Gasteiger partial charge on any atom is 0.237 e. The molecule has 1 unspecified atom stereocenters. The summed E-state index contributed by atoms with van der Waals surface area (Å²) < 4.78 is 22.6. The van der Waals surface area contributed by atoms with Crippen LogP contribution in [0.25, 0.3) is 22.0 Å². The van der Waals surface area contributed by atoms with Gasteiger partial charge in [-0.05, 0) is 42.5 Å². The summed E-state index contributed by atoms with van der Waals surface area (Å²) in [6.45, 7) is 3.04. The number of nitrogens with one attached hydrogen (secondary N) is 2. The van der Waals surface area contributed by atoms with Gasteiger partial charge in [0.25, 0.3) is 0 Å². The van der Waals surface area contributed by atoms with Gasteiger partial charge in [-0.3, -0.25) is 9.48 Å². The largest absolute Gasteiger partial charge is 0.474 e. The highest BCUT2D eigenvalue weighted by molar-refractivity contribution is 5.99. The van der Waals surface area contributed by atoms with Crippen LogP contribution in [-0.4, -0.2) is 44.0 Å². The van der Waals surface area contributed by atoms with Crippen molar-refractivity contribution in [2.45, 2.75) is 19.3 Å². The Balaban J connectivity index is 1.31. The number of rotatable bonds is 4. The van der Waals surface area contributed by atoms with E-state index in [-0.39, 0.29) is 34.8 Å². The summed E-state index contributed by atoms with van der Waals surface area (Å²) in [5, 5.41) is 19.0. The maximum atomic E-state index is 15.3. The summed E-state index contributed by atoms with van der Waals surface area (Å²) in [5.41, 5.74) is 9.69. The number of hydrogen-bond donors (Lipinski definition) is 3. The van der Waals surface area contributed by atoms with Crippen molar-refractivity contribution < 1.29 is 13.9 Å². The molecule has 3 aromatic heterocycles. The topological polar surface area (TPSA) is 133 Å². The van der Waals surface area contributed by atoms with Crippen LogP contribution in [0.3, 0.4) is 0 Å². The Kier molecular flexibility index (Phi) is 4.80. The minimum Gasteiger partial charge on any atom is -0.474 e. The Morgan fingerprint density at radius 1 is 1.29 bits per heavy atom. The molecule has 6 rings (SSSR count). The minimum absolute atomic E-state index is 0.108. The molecule has 4 N–H and O–H groups in total. The molecule has 4 aromatic rings. The second-order valence-electron chi connectivity index (χ2n) is 8.96. The number of anilines is 3. The molecule has 0 bridgehead atoms. The van der Waals surface area contributed by atoms with Gasteiger partial charge in [0.15, 0.2) is 11.6 Å². The second kappa shape index (κ2) is 7.90. The number of ether oxygens (including phenoxy) is 1. The molecule has 2 atom stereocenters. The molecule has 1 aliphatic carbocycles. The normalized spacial score (nSPS) is 18.5. The van der Waals surface area contributed by atoms with E-state index < -0.39 is 5.82 Å². The molecule has 0 spiro atoms. The third kappa shape index (κ3) is 3.59. The third-order valence-corrected chi connectivity index (χ3v) is 6.62. The number of pyridine rings is 1. The van der Waals surface area contributed by atoms with Crippen molar-refractivity contribution in [3.63, 3.8) is 0 Å². The Morgan fingerprint density at radius 2 is 2.14 bits per heavy atom. The van der Waals surface area contributed by atoms with Crippen LogP contribution < -0.4 is 21.1 Å². The van der Waals surface area contributed by atoms with Crippen LogP contribution in [0.5, 0.6) is 5.88 Å². The van der Waals surface area contributed by atoms with Crippen molar-refractivity contribution in [2.75, 3.05) is 29.5 Å². The predicted octanol–water partition coefficient (Wildman–Crippen LogP) is 3.00. The van der Waals surface area contributed by atoms with Gasteiger partial charge in [-0.1, -0.05) is 0 Å². The van der Waals surface area contributed by atoms with Crippen LogP contribution in [0.4, 0.5) is 21.6 Å². The maximum absolute atomic E-state index is 15.3. The quantitative estimate of drug-likeness (QED) is 0.385. The number of nitrogens with zero attached hydrogens (tertiary/aromatic N) is 5. The SMILES string of the molecule is Cc1c(-c2cc3cc(NC(=O)[C@H]4CC4c4cnn(C)c4)nnc3c(N)c2F)cnc2c1NCCO2. The van der Waals surface area contributed by atoms with Gasteiger partial charge in [-0.15, -0.1) is 10.2 Å². The standard InChI is InChI=1S/C24H23FN8O2/c1-11-17(9-28-24-21(11)27-3-4-35-24)15-5-12-6-18(31-32-22(12)20(26)19(15)25)30-23(34)16-7-14(16)13-8-29-33(2)10-13/h5-6,8-10,14,16,27H,3-4,7,26H2,1-2H3,(H,30,31,34)/t14?,16-/m0/s1. The first-order chi connectivity index (χ1) is 16.9. The summed E-state index contributed by atoms with van der Waals surface area (Å²) in [6, 6.07) is 3.31. The second-order valence-corrected chi connectivity index (χ2v) is 8.96. The van der Waals surface area contributed by atoms with Gasteiger partial charge in [0.2, 0.25) is 11.8 Å². The summed E-state index contributed by atoms with van der Waals surface area (Å²) in [6.07, 6.45) is 6.04. The van der Waals surface area contributed by atoms with E-state index in [4.69, 9.17) is 10.5 Å². The molecule has 4 heterocycles. The number of nitrogens with two attached hydrogens (primary N) is 1. The summed E-state index contributed by atoms with van der Waals surface area (Å²) in [5.74, 6) is 0.0416. The number of amides is 1. The van der Waals surface area contributed by atoms with Crippen molar-refractivity contribution in [3.05, 3.63) is 47.7 Å². The van der Waals surface area contributed by atoms with Gasteiger partial charge in [0.1, 0.15) is 17.8 Å². The molecule has 0 radical (unpaired) electrons. The van der Waals surface area contributed by atoms with Gasteiger partial charge >= 0.3 is 0 Å². The Morgan fingerprint density at radius 3 is 2.94 bits per heavy atom. The van der Waals surface area contributed by atoms with Crippen molar-refractivity contribution in [3.8, 4) is 17.0 Å². The Hall–Kier alpha value is -4.28. The zero-order valence-electron chi connectivity index (χ0n) is 19.2. The molecule has 1 aromatic carbocycles. The minimum atomic E-state index is -0.595. The summed E-state index contributed by atoms with van der Waals surface area (Å²) in [7, 11) is 1.85. The lowest BCUT2D eigenvalue weighted by atomic mass is 9.98. The van der Waals surface area contributed by atoms with E-state index in [1.54, 1.807) is 29.2 Å². The monoisotopic (exact) mass is 474 g/mol. The number of carbonyl (C=O) groups is 1. The van der Waals surface area contributed by atoms with E-state index in [2.05, 4.69) is 30.9 Å². The first kappa shape index (κ1) is 21.3. The zero-order valence-corrected chi connectivity index (χ0v) is 19.2. The molecule has 1 amide bonds. The lowest BCUT2D eigenvalue weighted by Gasteiger charge is -2.22. The van der Waals surface area contributed by atoms with E-state index in [0.29, 0.717) is 35.5 Å². The van der Waals surface area contributed by atoms with Crippen molar-refractivity contribution in [2.24, 2.45) is 13.0 Å². The molecule has 11 heteroatoms. The number of benzene rings is 1. The van der Waals surface area contributed by atoms with Crippen LogP contribution in [-0.2, 0) is 11.8 Å². The molecule has 35 heavy (non-hydrogen) atoms. The first-order valence-electron chi connectivity index (χ1n) is 11.3. The van der Waals surface area contributed by atoms with E-state index in [1.165, 1.54) is 0 Å². The van der Waals surface area contributed by atoms with Crippen LogP contribution in [0.15, 0.2) is 30.7 Å². The number of halogens is 1.